The first-order chi connectivity index (χ1) is 16.3. The molecule has 0 aromatic heterocycles. The monoisotopic (exact) mass is 480 g/mol. The minimum absolute atomic E-state index is 0.317. The fraction of sp³-hybridized carbons (Fsp3) is 0.556. The zero-order chi connectivity index (χ0) is 24.7. The Morgan fingerprint density at radius 2 is 1.85 bits per heavy atom. The summed E-state index contributed by atoms with van der Waals surface area (Å²) in [6.07, 6.45) is 4.19. The van der Waals surface area contributed by atoms with Crippen molar-refractivity contribution in [1.29, 1.82) is 0 Å². The highest BCUT2D eigenvalue weighted by Crippen LogP contribution is 2.36. The third-order valence-electron chi connectivity index (χ3n) is 7.17. The van der Waals surface area contributed by atoms with Gasteiger partial charge in [-0.25, -0.2) is 0 Å². The Labute approximate surface area is 209 Å². The van der Waals surface area contributed by atoms with Gasteiger partial charge in [0.15, 0.2) is 5.81 Å². The molecular weight excluding hydrogens is 443 g/mol. The van der Waals surface area contributed by atoms with Gasteiger partial charge >= 0.3 is 0 Å². The van der Waals surface area contributed by atoms with E-state index in [1.54, 1.807) is 0 Å². The van der Waals surface area contributed by atoms with Crippen LogP contribution in [0, 0.1) is 17.8 Å². The number of hydrogen-bond acceptors (Lipinski definition) is 4. The first-order valence-corrected chi connectivity index (χ1v) is 13.4. The van der Waals surface area contributed by atoms with Crippen LogP contribution in [0.3, 0.4) is 0 Å². The van der Waals surface area contributed by atoms with Crippen LogP contribution in [0.1, 0.15) is 52.9 Å². The van der Waals surface area contributed by atoms with Gasteiger partial charge in [-0.1, -0.05) is 63.6 Å². The van der Waals surface area contributed by atoms with Crippen LogP contribution >= 0.6 is 11.8 Å². The molecule has 1 saturated carbocycles. The second-order valence-corrected chi connectivity index (χ2v) is 10.9. The Hall–Kier alpha value is -1.99. The highest BCUT2D eigenvalue weighted by Gasteiger charge is 2.31. The van der Waals surface area contributed by atoms with Crippen LogP contribution in [-0.4, -0.2) is 48.6 Å². The first-order valence-electron chi connectivity index (χ1n) is 12.4. The molecule has 2 aromatic carbocycles. The summed E-state index contributed by atoms with van der Waals surface area (Å²) in [4.78, 5) is 25.8. The molecule has 5 nitrogen and oxygen atoms in total. The van der Waals surface area contributed by atoms with E-state index in [1.807, 2.05) is 49.4 Å². The van der Waals surface area contributed by atoms with E-state index in [4.69, 9.17) is 7.85 Å². The van der Waals surface area contributed by atoms with Crippen molar-refractivity contribution in [3.8, 4) is 0 Å². The summed E-state index contributed by atoms with van der Waals surface area (Å²) in [7, 11) is 5.38. The minimum Gasteiger partial charge on any atom is -0.391 e. The van der Waals surface area contributed by atoms with Crippen molar-refractivity contribution in [1.82, 2.24) is 10.6 Å². The second kappa shape index (κ2) is 12.6. The van der Waals surface area contributed by atoms with Crippen molar-refractivity contribution in [2.45, 2.75) is 76.0 Å². The average molecular weight is 480 g/mol. The molecular formula is C27H37BN2O3S. The van der Waals surface area contributed by atoms with Crippen LogP contribution in [0.4, 0.5) is 4.79 Å². The number of carbonyl (C=O) groups is 2. The standard InChI is InChI=1S/C27H37BN2O3S/c1-4-22(24(31)15-20-13-12-17(2)14-18(20)3)29-26(32)23(30-27(28)33)16-34-25-11-7-9-19-8-5-6-10-21(19)25/h5-11,17-18,20,22-24,31H,4,12-16H2,1-3H3,(H,29,32)(H,30,33). The lowest BCUT2D eigenvalue weighted by molar-refractivity contribution is -0.124. The van der Waals surface area contributed by atoms with E-state index < -0.39 is 18.0 Å². The summed E-state index contributed by atoms with van der Waals surface area (Å²) >= 11 is 1.51. The number of carbonyl (C=O) groups excluding carboxylic acids is 2. The molecule has 34 heavy (non-hydrogen) atoms. The Morgan fingerprint density at radius 3 is 2.56 bits per heavy atom. The number of thioether (sulfide) groups is 1. The predicted octanol–water partition coefficient (Wildman–Crippen LogP) is 4.90. The second-order valence-electron chi connectivity index (χ2n) is 9.83. The Kier molecular flexibility index (Phi) is 9.90. The van der Waals surface area contributed by atoms with E-state index in [2.05, 4.69) is 24.5 Å². The molecule has 3 N–H and O–H groups in total. The first kappa shape index (κ1) is 26.6. The maximum atomic E-state index is 13.1. The summed E-state index contributed by atoms with van der Waals surface area (Å²) in [5.41, 5.74) is 0. The summed E-state index contributed by atoms with van der Waals surface area (Å²) in [6.45, 7) is 6.52. The van der Waals surface area contributed by atoms with E-state index in [1.165, 1.54) is 24.6 Å². The molecule has 1 aliphatic carbocycles. The molecule has 2 aromatic rings. The number of benzene rings is 2. The van der Waals surface area contributed by atoms with Gasteiger partial charge in [0.2, 0.25) is 13.8 Å². The molecule has 182 valence electrons. The van der Waals surface area contributed by atoms with E-state index in [0.29, 0.717) is 30.4 Å². The van der Waals surface area contributed by atoms with E-state index in [0.717, 1.165) is 28.0 Å². The molecule has 1 fully saturated rings. The number of nitrogens with one attached hydrogen (secondary N) is 2. The van der Waals surface area contributed by atoms with Crippen LogP contribution in [0.2, 0.25) is 0 Å². The SMILES string of the molecule is [B]C(=O)NC(CSc1cccc2ccccc12)C(=O)NC(CC)C(O)CC1CCC(C)CC1C. The van der Waals surface area contributed by atoms with Crippen LogP contribution in [0.5, 0.6) is 0 Å². The summed E-state index contributed by atoms with van der Waals surface area (Å²) in [5, 5.41) is 18.7. The van der Waals surface area contributed by atoms with Gasteiger partial charge in [-0.15, -0.1) is 11.8 Å². The van der Waals surface area contributed by atoms with Gasteiger partial charge in [0.1, 0.15) is 6.04 Å². The largest absolute Gasteiger partial charge is 0.391 e. The minimum atomic E-state index is -0.794. The highest BCUT2D eigenvalue weighted by molar-refractivity contribution is 7.99. The zero-order valence-corrected chi connectivity index (χ0v) is 21.3. The van der Waals surface area contributed by atoms with Gasteiger partial charge in [0, 0.05) is 10.6 Å². The third-order valence-corrected chi connectivity index (χ3v) is 8.34. The average Bonchev–Trinajstić information content (AvgIpc) is 2.81. The smallest absolute Gasteiger partial charge is 0.243 e. The Morgan fingerprint density at radius 1 is 1.12 bits per heavy atom. The summed E-state index contributed by atoms with van der Waals surface area (Å²) in [5.74, 6) is 1.07. The van der Waals surface area contributed by atoms with Crippen molar-refractivity contribution >= 4 is 42.1 Å². The third kappa shape index (κ3) is 7.26. The molecule has 0 bridgehead atoms. The molecule has 2 radical (unpaired) electrons. The van der Waals surface area contributed by atoms with Gasteiger partial charge in [0.25, 0.3) is 0 Å². The van der Waals surface area contributed by atoms with Crippen molar-refractivity contribution < 1.29 is 14.7 Å². The van der Waals surface area contributed by atoms with Crippen molar-refractivity contribution in [3.05, 3.63) is 42.5 Å². The van der Waals surface area contributed by atoms with Gasteiger partial charge < -0.3 is 15.7 Å². The van der Waals surface area contributed by atoms with Crippen molar-refractivity contribution in [2.75, 3.05) is 5.75 Å². The summed E-state index contributed by atoms with van der Waals surface area (Å²) < 4.78 is 0. The molecule has 1 aliphatic rings. The molecule has 0 aliphatic heterocycles. The number of aliphatic hydroxyl groups is 1. The van der Waals surface area contributed by atoms with Crippen LogP contribution < -0.4 is 10.6 Å². The maximum absolute atomic E-state index is 13.1. The fourth-order valence-electron chi connectivity index (χ4n) is 5.16. The lowest BCUT2D eigenvalue weighted by atomic mass is 9.73. The number of amides is 2. The zero-order valence-electron chi connectivity index (χ0n) is 20.5. The predicted molar refractivity (Wildman–Crippen MR) is 141 cm³/mol. The summed E-state index contributed by atoms with van der Waals surface area (Å²) in [6, 6.07) is 13.0. The lowest BCUT2D eigenvalue weighted by Gasteiger charge is -2.35. The van der Waals surface area contributed by atoms with Gasteiger partial charge in [0.05, 0.1) is 12.1 Å². The molecule has 3 rings (SSSR count). The molecule has 2 amide bonds. The van der Waals surface area contributed by atoms with Gasteiger partial charge in [-0.05, 0) is 60.3 Å². The normalized spacial score (nSPS) is 23.1. The number of aliphatic hydroxyl groups excluding tert-OH is 1. The quantitative estimate of drug-likeness (QED) is 0.334. The van der Waals surface area contributed by atoms with E-state index in [9.17, 15) is 14.7 Å². The molecule has 0 spiro atoms. The maximum Gasteiger partial charge on any atom is 0.243 e. The molecule has 6 atom stereocenters. The molecule has 0 heterocycles. The molecule has 0 saturated heterocycles. The number of rotatable bonds is 10. The lowest BCUT2D eigenvalue weighted by Crippen LogP contribution is -2.53. The van der Waals surface area contributed by atoms with E-state index in [-0.39, 0.29) is 11.9 Å². The van der Waals surface area contributed by atoms with Crippen molar-refractivity contribution in [3.63, 3.8) is 0 Å². The number of fused-ring (bicyclic) bond motifs is 1. The Bertz CT molecular complexity index is 967. The van der Waals surface area contributed by atoms with Gasteiger partial charge in [-0.3, -0.25) is 9.59 Å². The van der Waals surface area contributed by atoms with E-state index >= 15 is 0 Å². The number of hydrogen-bond donors (Lipinski definition) is 3. The van der Waals surface area contributed by atoms with Crippen LogP contribution in [-0.2, 0) is 4.79 Å². The molecule has 6 unspecified atom stereocenters. The van der Waals surface area contributed by atoms with Crippen molar-refractivity contribution in [2.24, 2.45) is 17.8 Å². The topological polar surface area (TPSA) is 78.4 Å². The highest BCUT2D eigenvalue weighted by atomic mass is 32.2. The van der Waals surface area contributed by atoms with Gasteiger partial charge in [-0.2, -0.15) is 0 Å². The van der Waals surface area contributed by atoms with Crippen LogP contribution in [0.25, 0.3) is 10.8 Å². The Balaban J connectivity index is 1.63. The fourth-order valence-corrected chi connectivity index (χ4v) is 6.25. The van der Waals surface area contributed by atoms with Crippen LogP contribution in [0.15, 0.2) is 47.4 Å². The molecule has 7 heteroatoms.